The average molecular weight is 440 g/mol. The van der Waals surface area contributed by atoms with Crippen LogP contribution in [0.3, 0.4) is 0 Å². The molecule has 0 aliphatic rings. The number of aromatic nitrogens is 2. The van der Waals surface area contributed by atoms with Crippen LogP contribution in [0.15, 0.2) is 85.1 Å². The van der Waals surface area contributed by atoms with Crippen LogP contribution in [0.5, 0.6) is 5.75 Å². The lowest BCUT2D eigenvalue weighted by Crippen LogP contribution is -2.48. The van der Waals surface area contributed by atoms with E-state index < -0.39 is 23.8 Å². The zero-order chi connectivity index (χ0) is 23.2. The SMILES string of the molecule is NC(=O)C(=O)C(Cc1ccccc1)NC(=O)Oc1cc(-c2ccccn2)nc2ccccc12. The molecule has 2 heterocycles. The Morgan fingerprint density at radius 3 is 2.36 bits per heavy atom. The lowest BCUT2D eigenvalue weighted by atomic mass is 10.0. The molecule has 0 bridgehead atoms. The zero-order valence-corrected chi connectivity index (χ0v) is 17.5. The summed E-state index contributed by atoms with van der Waals surface area (Å²) >= 11 is 0. The molecule has 2 aromatic carbocycles. The molecule has 33 heavy (non-hydrogen) atoms. The van der Waals surface area contributed by atoms with Gasteiger partial charge in [0.15, 0.2) is 0 Å². The molecule has 0 spiro atoms. The lowest BCUT2D eigenvalue weighted by molar-refractivity contribution is -0.137. The first-order chi connectivity index (χ1) is 16.0. The van der Waals surface area contributed by atoms with Gasteiger partial charge in [0, 0.05) is 24.1 Å². The number of primary amides is 1. The Morgan fingerprint density at radius 1 is 0.909 bits per heavy atom. The van der Waals surface area contributed by atoms with Gasteiger partial charge in [0.25, 0.3) is 5.91 Å². The third kappa shape index (κ3) is 5.19. The second kappa shape index (κ2) is 9.69. The van der Waals surface area contributed by atoms with Crippen molar-refractivity contribution in [1.82, 2.24) is 15.3 Å². The number of benzene rings is 2. The summed E-state index contributed by atoms with van der Waals surface area (Å²) in [5, 5.41) is 3.08. The summed E-state index contributed by atoms with van der Waals surface area (Å²) < 4.78 is 5.57. The normalized spacial score (nSPS) is 11.5. The number of Topliss-reactive ketones (excluding diaryl/α,β-unsaturated/α-hetero) is 1. The van der Waals surface area contributed by atoms with Crippen LogP contribution in [0, 0.1) is 0 Å². The van der Waals surface area contributed by atoms with Gasteiger partial charge >= 0.3 is 6.09 Å². The molecule has 0 aliphatic carbocycles. The van der Waals surface area contributed by atoms with Crippen molar-refractivity contribution in [1.29, 1.82) is 0 Å². The molecular formula is C25H20N4O4. The zero-order valence-electron chi connectivity index (χ0n) is 17.5. The number of carbonyl (C=O) groups is 3. The quantitative estimate of drug-likeness (QED) is 0.426. The Balaban J connectivity index is 1.62. The van der Waals surface area contributed by atoms with Crippen molar-refractivity contribution in [2.24, 2.45) is 5.73 Å². The van der Waals surface area contributed by atoms with Crippen LogP contribution in [-0.4, -0.2) is 33.8 Å². The van der Waals surface area contributed by atoms with E-state index in [2.05, 4.69) is 15.3 Å². The van der Waals surface area contributed by atoms with E-state index in [9.17, 15) is 14.4 Å². The van der Waals surface area contributed by atoms with Crippen LogP contribution < -0.4 is 15.8 Å². The largest absolute Gasteiger partial charge is 0.413 e. The molecule has 0 saturated carbocycles. The van der Waals surface area contributed by atoms with Crippen LogP contribution in [0.4, 0.5) is 4.79 Å². The number of para-hydroxylation sites is 1. The second-order valence-corrected chi connectivity index (χ2v) is 7.24. The van der Waals surface area contributed by atoms with E-state index in [-0.39, 0.29) is 12.2 Å². The van der Waals surface area contributed by atoms with E-state index in [1.807, 2.05) is 18.2 Å². The number of ketones is 1. The Bertz CT molecular complexity index is 1310. The Morgan fingerprint density at radius 2 is 1.64 bits per heavy atom. The van der Waals surface area contributed by atoms with Crippen molar-refractivity contribution >= 4 is 28.7 Å². The monoisotopic (exact) mass is 440 g/mol. The topological polar surface area (TPSA) is 124 Å². The fourth-order valence-corrected chi connectivity index (χ4v) is 3.38. The lowest BCUT2D eigenvalue weighted by Gasteiger charge is -2.17. The number of rotatable bonds is 7. The average Bonchev–Trinajstić information content (AvgIpc) is 2.84. The van der Waals surface area contributed by atoms with Crippen molar-refractivity contribution in [2.45, 2.75) is 12.5 Å². The maximum Gasteiger partial charge on any atom is 0.413 e. The molecule has 2 amide bonds. The highest BCUT2D eigenvalue weighted by Crippen LogP contribution is 2.29. The maximum absolute atomic E-state index is 12.8. The van der Waals surface area contributed by atoms with Crippen LogP contribution in [-0.2, 0) is 16.0 Å². The number of pyridine rings is 2. The van der Waals surface area contributed by atoms with E-state index in [1.165, 1.54) is 0 Å². The van der Waals surface area contributed by atoms with Gasteiger partial charge in [-0.3, -0.25) is 14.6 Å². The maximum atomic E-state index is 12.8. The Labute approximate surface area is 189 Å². The molecule has 8 heteroatoms. The minimum absolute atomic E-state index is 0.0913. The van der Waals surface area contributed by atoms with Gasteiger partial charge in [-0.15, -0.1) is 0 Å². The molecule has 164 valence electrons. The molecule has 1 unspecified atom stereocenters. The van der Waals surface area contributed by atoms with E-state index >= 15 is 0 Å². The van der Waals surface area contributed by atoms with Crippen molar-refractivity contribution in [3.63, 3.8) is 0 Å². The van der Waals surface area contributed by atoms with E-state index in [0.717, 1.165) is 5.56 Å². The van der Waals surface area contributed by atoms with Crippen LogP contribution in [0.25, 0.3) is 22.3 Å². The fourth-order valence-electron chi connectivity index (χ4n) is 3.38. The Kier molecular flexibility index (Phi) is 6.36. The van der Waals surface area contributed by atoms with Crippen molar-refractivity contribution in [3.8, 4) is 17.1 Å². The molecule has 0 fully saturated rings. The highest BCUT2D eigenvalue weighted by molar-refractivity contribution is 6.37. The van der Waals surface area contributed by atoms with Crippen LogP contribution in [0.2, 0.25) is 0 Å². The van der Waals surface area contributed by atoms with Gasteiger partial charge in [-0.2, -0.15) is 0 Å². The third-order valence-corrected chi connectivity index (χ3v) is 4.94. The van der Waals surface area contributed by atoms with Crippen molar-refractivity contribution in [2.75, 3.05) is 0 Å². The molecule has 3 N–H and O–H groups in total. The molecule has 4 rings (SSSR count). The van der Waals surface area contributed by atoms with Gasteiger partial charge in [-0.25, -0.2) is 9.78 Å². The van der Waals surface area contributed by atoms with Crippen molar-refractivity contribution < 1.29 is 19.1 Å². The first-order valence-corrected chi connectivity index (χ1v) is 10.2. The third-order valence-electron chi connectivity index (χ3n) is 4.94. The number of nitrogens with one attached hydrogen (secondary N) is 1. The number of amides is 2. The highest BCUT2D eigenvalue weighted by Gasteiger charge is 2.26. The number of carbonyl (C=O) groups excluding carboxylic acids is 3. The number of ether oxygens (including phenoxy) is 1. The summed E-state index contributed by atoms with van der Waals surface area (Å²) in [6.07, 6.45) is 0.839. The number of nitrogens with zero attached hydrogens (tertiary/aromatic N) is 2. The summed E-state index contributed by atoms with van der Waals surface area (Å²) in [6.45, 7) is 0. The molecule has 1 atom stereocenters. The number of hydrogen-bond donors (Lipinski definition) is 2. The molecule has 4 aromatic rings. The summed E-state index contributed by atoms with van der Waals surface area (Å²) in [4.78, 5) is 45.5. The van der Waals surface area contributed by atoms with E-state index in [1.54, 1.807) is 66.9 Å². The van der Waals surface area contributed by atoms with Gasteiger partial charge in [-0.1, -0.05) is 48.5 Å². The smallest absolute Gasteiger partial charge is 0.410 e. The predicted molar refractivity (Wildman–Crippen MR) is 122 cm³/mol. The van der Waals surface area contributed by atoms with E-state index in [0.29, 0.717) is 22.3 Å². The first kappa shape index (κ1) is 21.6. The second-order valence-electron chi connectivity index (χ2n) is 7.24. The van der Waals surface area contributed by atoms with Crippen LogP contribution >= 0.6 is 0 Å². The number of fused-ring (bicyclic) bond motifs is 1. The van der Waals surface area contributed by atoms with E-state index in [4.69, 9.17) is 10.5 Å². The van der Waals surface area contributed by atoms with Gasteiger partial charge in [-0.05, 0) is 29.8 Å². The summed E-state index contributed by atoms with van der Waals surface area (Å²) in [5.41, 5.74) is 7.67. The van der Waals surface area contributed by atoms with Gasteiger partial charge in [0.2, 0.25) is 5.78 Å². The Hall–Kier alpha value is -4.59. The molecule has 0 saturated heterocycles. The predicted octanol–water partition coefficient (Wildman–Crippen LogP) is 3.05. The summed E-state index contributed by atoms with van der Waals surface area (Å²) in [7, 11) is 0. The molecule has 0 aliphatic heterocycles. The van der Waals surface area contributed by atoms with Gasteiger partial charge in [0.05, 0.1) is 16.9 Å². The highest BCUT2D eigenvalue weighted by atomic mass is 16.6. The van der Waals surface area contributed by atoms with Gasteiger partial charge < -0.3 is 15.8 Å². The standard InChI is InChI=1S/C25H20N4O4/c26-24(31)23(30)21(14-16-8-2-1-3-9-16)29-25(32)33-22-15-20(19-12-6-7-13-27-19)28-18-11-5-4-10-17(18)22/h1-13,15,21H,14H2,(H2,26,31)(H,29,32). The fraction of sp³-hybridized carbons (Fsp3) is 0.0800. The van der Waals surface area contributed by atoms with Gasteiger partial charge in [0.1, 0.15) is 11.8 Å². The molecule has 8 nitrogen and oxygen atoms in total. The molecule has 0 radical (unpaired) electrons. The molecular weight excluding hydrogens is 420 g/mol. The number of nitrogens with two attached hydrogens (primary N) is 1. The number of hydrogen-bond acceptors (Lipinski definition) is 6. The molecule has 2 aromatic heterocycles. The van der Waals surface area contributed by atoms with Crippen LogP contribution in [0.1, 0.15) is 5.56 Å². The summed E-state index contributed by atoms with van der Waals surface area (Å²) in [6, 6.07) is 22.0. The van der Waals surface area contributed by atoms with Crippen molar-refractivity contribution in [3.05, 3.63) is 90.6 Å². The summed E-state index contributed by atoms with van der Waals surface area (Å²) in [5.74, 6) is -1.81. The minimum atomic E-state index is -1.17. The minimum Gasteiger partial charge on any atom is -0.410 e. The first-order valence-electron chi connectivity index (χ1n) is 10.2.